The molecule has 13 heavy (non-hydrogen) atoms. The summed E-state index contributed by atoms with van der Waals surface area (Å²) in [6, 6.07) is 0. The summed E-state index contributed by atoms with van der Waals surface area (Å²) in [7, 11) is 0. The van der Waals surface area contributed by atoms with Gasteiger partial charge in [0.15, 0.2) is 0 Å². The molecule has 78 valence electrons. The molecular weight excluding hydrogens is 204 g/mol. The third kappa shape index (κ3) is 5.00. The van der Waals surface area contributed by atoms with Gasteiger partial charge in [-0.2, -0.15) is 0 Å². The van der Waals surface area contributed by atoms with Gasteiger partial charge in [0, 0.05) is 6.54 Å². The van der Waals surface area contributed by atoms with Gasteiger partial charge in [0.2, 0.25) is 5.91 Å². The van der Waals surface area contributed by atoms with Crippen LogP contribution >= 0.6 is 11.6 Å². The molecule has 0 aromatic heterocycles. The monoisotopic (exact) mass is 215 g/mol. The van der Waals surface area contributed by atoms with Gasteiger partial charge < -0.3 is 10.0 Å². The summed E-state index contributed by atoms with van der Waals surface area (Å²) in [4.78, 5) is 12.0. The van der Waals surface area contributed by atoms with Crippen LogP contribution < -0.4 is 0 Å². The lowest BCUT2D eigenvalue weighted by Gasteiger charge is -2.22. The molecule has 1 N–H and O–H groups in total. The van der Waals surface area contributed by atoms with E-state index in [0.717, 1.165) is 4.90 Å². The summed E-state index contributed by atoms with van der Waals surface area (Å²) < 4.78 is 23.8. The van der Waals surface area contributed by atoms with Gasteiger partial charge in [0.05, 0.1) is 13.2 Å². The van der Waals surface area contributed by atoms with Crippen LogP contribution in [0.5, 0.6) is 0 Å². The van der Waals surface area contributed by atoms with Crippen LogP contribution in [0.1, 0.15) is 6.92 Å². The number of aliphatic hydroxyl groups excluding tert-OH is 1. The first-order chi connectivity index (χ1) is 5.99. The van der Waals surface area contributed by atoms with Crippen LogP contribution in [0, 0.1) is 0 Å². The van der Waals surface area contributed by atoms with Gasteiger partial charge in [-0.05, 0) is 6.92 Å². The molecule has 0 spiro atoms. The summed E-state index contributed by atoms with van der Waals surface area (Å²) >= 11 is 5.42. The van der Waals surface area contributed by atoms with Crippen LogP contribution in [-0.4, -0.2) is 47.4 Å². The molecule has 0 aromatic carbocycles. The predicted octanol–water partition coefficient (Wildman–Crippen LogP) is 0.700. The lowest BCUT2D eigenvalue weighted by atomic mass is 10.3. The summed E-state index contributed by atoms with van der Waals surface area (Å²) in [6.07, 6.45) is -2.61. The second-order valence-electron chi connectivity index (χ2n) is 2.51. The average molecular weight is 216 g/mol. The molecule has 0 fully saturated rings. The summed E-state index contributed by atoms with van der Waals surface area (Å²) in [5.74, 6) is -0.587. The molecule has 0 aromatic rings. The molecule has 0 saturated heterocycles. The van der Waals surface area contributed by atoms with Crippen molar-refractivity contribution in [3.05, 3.63) is 0 Å². The van der Waals surface area contributed by atoms with Crippen molar-refractivity contribution in [3.8, 4) is 0 Å². The van der Waals surface area contributed by atoms with Crippen molar-refractivity contribution in [1.82, 2.24) is 4.90 Å². The Balaban J connectivity index is 4.15. The number of rotatable bonds is 5. The molecule has 3 nitrogen and oxygen atoms in total. The van der Waals surface area contributed by atoms with Crippen LogP contribution in [0.25, 0.3) is 0 Å². The van der Waals surface area contributed by atoms with E-state index in [-0.39, 0.29) is 13.2 Å². The molecule has 0 heterocycles. The van der Waals surface area contributed by atoms with Gasteiger partial charge in [-0.3, -0.25) is 4.79 Å². The van der Waals surface area contributed by atoms with E-state index in [1.165, 1.54) is 6.92 Å². The van der Waals surface area contributed by atoms with Crippen molar-refractivity contribution in [2.75, 3.05) is 19.7 Å². The normalized spacial score (nSPS) is 13.1. The van der Waals surface area contributed by atoms with Crippen molar-refractivity contribution < 1.29 is 18.7 Å². The van der Waals surface area contributed by atoms with Crippen molar-refractivity contribution in [1.29, 1.82) is 0 Å². The Hall–Kier alpha value is -0.420. The molecule has 1 atom stereocenters. The Morgan fingerprint density at radius 2 is 2.15 bits per heavy atom. The summed E-state index contributed by atoms with van der Waals surface area (Å²) in [6.45, 7) is 0.262. The van der Waals surface area contributed by atoms with Crippen molar-refractivity contribution in [2.45, 2.75) is 18.7 Å². The van der Waals surface area contributed by atoms with Gasteiger partial charge in [-0.25, -0.2) is 8.78 Å². The smallest absolute Gasteiger partial charge is 0.255 e. The molecule has 6 heteroatoms. The Morgan fingerprint density at radius 1 is 1.62 bits per heavy atom. The first-order valence-electron chi connectivity index (χ1n) is 3.81. The number of hydrogen-bond acceptors (Lipinski definition) is 2. The predicted molar refractivity (Wildman–Crippen MR) is 45.0 cm³/mol. The molecule has 0 aliphatic rings. The van der Waals surface area contributed by atoms with E-state index in [1.807, 2.05) is 0 Å². The molecule has 0 aliphatic heterocycles. The summed E-state index contributed by atoms with van der Waals surface area (Å²) in [5.41, 5.74) is 0. The van der Waals surface area contributed by atoms with Crippen molar-refractivity contribution in [3.63, 3.8) is 0 Å². The van der Waals surface area contributed by atoms with E-state index in [0.29, 0.717) is 0 Å². The standard InChI is InChI=1S/C7H12ClF2NO2/c1-5(8)7(13)11(2-3-12)4-6(9)10/h5-6,12H,2-4H2,1H3. The molecule has 0 saturated carbocycles. The second kappa shape index (κ2) is 6.10. The lowest BCUT2D eigenvalue weighted by molar-refractivity contribution is -0.133. The summed E-state index contributed by atoms with van der Waals surface area (Å²) in [5, 5.41) is 7.66. The van der Waals surface area contributed by atoms with E-state index in [2.05, 4.69) is 0 Å². The third-order valence-corrected chi connectivity index (χ3v) is 1.57. The Bertz CT molecular complexity index is 167. The largest absolute Gasteiger partial charge is 0.395 e. The number of carbonyl (C=O) groups is 1. The number of carbonyl (C=O) groups excluding carboxylic acids is 1. The van der Waals surface area contributed by atoms with Crippen LogP contribution in [0.4, 0.5) is 8.78 Å². The first kappa shape index (κ1) is 12.6. The number of alkyl halides is 3. The fraction of sp³-hybridized carbons (Fsp3) is 0.857. The fourth-order valence-electron chi connectivity index (χ4n) is 0.830. The maximum atomic E-state index is 11.9. The highest BCUT2D eigenvalue weighted by atomic mass is 35.5. The minimum Gasteiger partial charge on any atom is -0.395 e. The van der Waals surface area contributed by atoms with Crippen LogP contribution in [0.3, 0.4) is 0 Å². The first-order valence-corrected chi connectivity index (χ1v) is 4.24. The van der Waals surface area contributed by atoms with Crippen LogP contribution in [0.2, 0.25) is 0 Å². The van der Waals surface area contributed by atoms with Gasteiger partial charge in [0.25, 0.3) is 6.43 Å². The number of nitrogens with zero attached hydrogens (tertiary/aromatic N) is 1. The Kier molecular flexibility index (Phi) is 5.90. The zero-order chi connectivity index (χ0) is 10.4. The minimum absolute atomic E-state index is 0.111. The molecular formula is C7H12ClF2NO2. The maximum Gasteiger partial charge on any atom is 0.255 e. The highest BCUT2D eigenvalue weighted by molar-refractivity contribution is 6.30. The molecule has 1 amide bonds. The Morgan fingerprint density at radius 3 is 2.46 bits per heavy atom. The lowest BCUT2D eigenvalue weighted by Crippen LogP contribution is -2.40. The SMILES string of the molecule is CC(Cl)C(=O)N(CCO)CC(F)F. The highest BCUT2D eigenvalue weighted by Crippen LogP contribution is 2.04. The maximum absolute atomic E-state index is 11.9. The van der Waals surface area contributed by atoms with Crippen molar-refractivity contribution >= 4 is 17.5 Å². The minimum atomic E-state index is -2.61. The number of aliphatic hydroxyl groups is 1. The average Bonchev–Trinajstić information content (AvgIpc) is 2.01. The molecule has 0 bridgehead atoms. The van der Waals surface area contributed by atoms with E-state index >= 15 is 0 Å². The zero-order valence-electron chi connectivity index (χ0n) is 7.21. The number of halogens is 3. The Labute approximate surface area is 80.3 Å². The van der Waals surface area contributed by atoms with Crippen LogP contribution in [0.15, 0.2) is 0 Å². The molecule has 0 rings (SSSR count). The quantitative estimate of drug-likeness (QED) is 0.686. The third-order valence-electron chi connectivity index (χ3n) is 1.38. The van der Waals surface area contributed by atoms with E-state index in [9.17, 15) is 13.6 Å². The van der Waals surface area contributed by atoms with Gasteiger partial charge in [0.1, 0.15) is 5.38 Å². The van der Waals surface area contributed by atoms with E-state index < -0.39 is 24.3 Å². The second-order valence-corrected chi connectivity index (χ2v) is 3.17. The van der Waals surface area contributed by atoms with Crippen LogP contribution in [-0.2, 0) is 4.79 Å². The molecule has 1 unspecified atom stereocenters. The zero-order valence-corrected chi connectivity index (χ0v) is 7.97. The van der Waals surface area contributed by atoms with Gasteiger partial charge in [-0.1, -0.05) is 0 Å². The van der Waals surface area contributed by atoms with E-state index in [4.69, 9.17) is 16.7 Å². The van der Waals surface area contributed by atoms with Gasteiger partial charge >= 0.3 is 0 Å². The topological polar surface area (TPSA) is 40.5 Å². The highest BCUT2D eigenvalue weighted by Gasteiger charge is 2.20. The van der Waals surface area contributed by atoms with Crippen molar-refractivity contribution in [2.24, 2.45) is 0 Å². The fourth-order valence-corrected chi connectivity index (χ4v) is 0.968. The number of hydrogen-bond donors (Lipinski definition) is 1. The van der Waals surface area contributed by atoms with Gasteiger partial charge in [-0.15, -0.1) is 11.6 Å². The van der Waals surface area contributed by atoms with E-state index in [1.54, 1.807) is 0 Å². The molecule has 0 aliphatic carbocycles. The number of amides is 1. The molecule has 0 radical (unpaired) electrons.